The fourth-order valence-corrected chi connectivity index (χ4v) is 4.04. The Labute approximate surface area is 200 Å². The van der Waals surface area contributed by atoms with Gasteiger partial charge < -0.3 is 25.0 Å². The lowest BCUT2D eigenvalue weighted by atomic mass is 10.0. The highest BCUT2D eigenvalue weighted by Gasteiger charge is 2.23. The van der Waals surface area contributed by atoms with Crippen LogP contribution in [0, 0.1) is 34.6 Å². The van der Waals surface area contributed by atoms with Crippen LogP contribution in [0.5, 0.6) is 28.7 Å². The van der Waals surface area contributed by atoms with E-state index in [2.05, 4.69) is 0 Å². The van der Waals surface area contributed by atoms with Gasteiger partial charge in [-0.15, -0.1) is 0 Å². The van der Waals surface area contributed by atoms with E-state index >= 15 is 0 Å². The van der Waals surface area contributed by atoms with Crippen LogP contribution in [-0.4, -0.2) is 15.3 Å². The van der Waals surface area contributed by atoms with Crippen LogP contribution >= 0.6 is 0 Å². The van der Waals surface area contributed by atoms with Crippen molar-refractivity contribution in [3.05, 3.63) is 94.5 Å². The summed E-state index contributed by atoms with van der Waals surface area (Å²) in [4.78, 5) is 2.00. The van der Waals surface area contributed by atoms with Gasteiger partial charge >= 0.3 is 0 Å². The van der Waals surface area contributed by atoms with Gasteiger partial charge in [-0.05, 0) is 93.8 Å². The van der Waals surface area contributed by atoms with Gasteiger partial charge in [0.1, 0.15) is 23.0 Å². The van der Waals surface area contributed by atoms with Gasteiger partial charge in [-0.25, -0.2) is 0 Å². The maximum atomic E-state index is 10.6. The summed E-state index contributed by atoms with van der Waals surface area (Å²) < 4.78 is 6.32. The molecule has 0 atom stereocenters. The molecule has 0 heterocycles. The first kappa shape index (κ1) is 23.1. The predicted molar refractivity (Wildman–Crippen MR) is 136 cm³/mol. The lowest BCUT2D eigenvalue weighted by Crippen LogP contribution is -2.14. The van der Waals surface area contributed by atoms with Crippen molar-refractivity contribution in [1.82, 2.24) is 0 Å². The monoisotopic (exact) mass is 455 g/mol. The zero-order valence-corrected chi connectivity index (χ0v) is 20.0. The molecule has 34 heavy (non-hydrogen) atoms. The Morgan fingerprint density at radius 1 is 0.588 bits per heavy atom. The van der Waals surface area contributed by atoms with Gasteiger partial charge in [-0.2, -0.15) is 0 Å². The van der Waals surface area contributed by atoms with Crippen LogP contribution in [0.2, 0.25) is 0 Å². The first-order valence-electron chi connectivity index (χ1n) is 11.1. The average Bonchev–Trinajstić information content (AvgIpc) is 2.78. The van der Waals surface area contributed by atoms with E-state index in [-0.39, 0.29) is 17.2 Å². The second kappa shape index (κ2) is 9.02. The van der Waals surface area contributed by atoms with Gasteiger partial charge in [0.05, 0.1) is 17.1 Å². The van der Waals surface area contributed by atoms with Crippen molar-refractivity contribution < 1.29 is 20.1 Å². The maximum absolute atomic E-state index is 10.6. The molecule has 0 fully saturated rings. The van der Waals surface area contributed by atoms with Crippen molar-refractivity contribution in [2.75, 3.05) is 4.90 Å². The topological polar surface area (TPSA) is 73.2 Å². The molecule has 0 saturated heterocycles. The number of phenolic OH excluding ortho intramolecular Hbond substituents is 3. The third-order valence-electron chi connectivity index (χ3n) is 5.97. The van der Waals surface area contributed by atoms with Gasteiger partial charge in [-0.3, -0.25) is 0 Å². The highest BCUT2D eigenvalue weighted by Crippen LogP contribution is 2.47. The zero-order valence-electron chi connectivity index (χ0n) is 20.0. The summed E-state index contributed by atoms with van der Waals surface area (Å²) in [5, 5.41) is 31.3. The Kier molecular flexibility index (Phi) is 6.12. The summed E-state index contributed by atoms with van der Waals surface area (Å²) in [6.45, 7) is 9.51. The van der Waals surface area contributed by atoms with E-state index in [0.29, 0.717) is 22.6 Å². The molecule has 0 aliphatic carbocycles. The third kappa shape index (κ3) is 4.37. The Bertz CT molecular complexity index is 1320. The van der Waals surface area contributed by atoms with E-state index in [4.69, 9.17) is 4.74 Å². The third-order valence-corrected chi connectivity index (χ3v) is 5.97. The molecular formula is C29H29NO4. The minimum Gasteiger partial charge on any atom is -0.508 e. The van der Waals surface area contributed by atoms with Gasteiger partial charge in [-0.1, -0.05) is 18.2 Å². The number of aryl methyl sites for hydroxylation is 3. The lowest BCUT2D eigenvalue weighted by molar-refractivity contribution is 0.453. The number of rotatable bonds is 5. The number of phenols is 3. The SMILES string of the molecule is Cc1cc(O)c(C)c(N(c2ccccc2Oc2cc(O)ccc2C)c2cc(C)cc(O)c2C)c1. The van der Waals surface area contributed by atoms with Crippen molar-refractivity contribution in [2.45, 2.75) is 34.6 Å². The van der Waals surface area contributed by atoms with Crippen LogP contribution < -0.4 is 9.64 Å². The van der Waals surface area contributed by atoms with E-state index in [1.54, 1.807) is 30.3 Å². The van der Waals surface area contributed by atoms with Crippen molar-refractivity contribution in [3.8, 4) is 28.7 Å². The molecule has 0 radical (unpaired) electrons. The highest BCUT2D eigenvalue weighted by atomic mass is 16.5. The largest absolute Gasteiger partial charge is 0.508 e. The summed E-state index contributed by atoms with van der Waals surface area (Å²) in [7, 11) is 0. The molecule has 4 rings (SSSR count). The number of hydrogen-bond donors (Lipinski definition) is 3. The summed E-state index contributed by atoms with van der Waals surface area (Å²) in [5.41, 5.74) is 6.37. The van der Waals surface area contributed by atoms with Crippen molar-refractivity contribution in [1.29, 1.82) is 0 Å². The van der Waals surface area contributed by atoms with E-state index in [0.717, 1.165) is 33.8 Å². The number of benzene rings is 4. The van der Waals surface area contributed by atoms with Crippen molar-refractivity contribution >= 4 is 17.1 Å². The molecule has 4 aromatic carbocycles. The lowest BCUT2D eigenvalue weighted by Gasteiger charge is -2.31. The molecule has 3 N–H and O–H groups in total. The fraction of sp³-hybridized carbons (Fsp3) is 0.172. The molecule has 5 heteroatoms. The van der Waals surface area contributed by atoms with Crippen LogP contribution in [0.1, 0.15) is 27.8 Å². The summed E-state index contributed by atoms with van der Waals surface area (Å²) in [6, 6.07) is 20.1. The Balaban J connectivity index is 1.99. The second-order valence-electron chi connectivity index (χ2n) is 8.71. The molecule has 174 valence electrons. The van der Waals surface area contributed by atoms with Gasteiger partial charge in [0.15, 0.2) is 5.75 Å². The molecule has 0 aliphatic heterocycles. The van der Waals surface area contributed by atoms with Crippen molar-refractivity contribution in [2.24, 2.45) is 0 Å². The normalized spacial score (nSPS) is 10.9. The van der Waals surface area contributed by atoms with E-state index in [9.17, 15) is 15.3 Å². The smallest absolute Gasteiger partial charge is 0.151 e. The predicted octanol–water partition coefficient (Wildman–Crippen LogP) is 7.61. The number of nitrogens with zero attached hydrogens (tertiary/aromatic N) is 1. The molecule has 5 nitrogen and oxygen atoms in total. The minimum atomic E-state index is 0.119. The summed E-state index contributed by atoms with van der Waals surface area (Å²) in [5.74, 6) is 1.61. The molecule has 0 amide bonds. The second-order valence-corrected chi connectivity index (χ2v) is 8.71. The van der Waals surface area contributed by atoms with Crippen LogP contribution in [-0.2, 0) is 0 Å². The maximum Gasteiger partial charge on any atom is 0.151 e. The number of aromatic hydroxyl groups is 3. The van der Waals surface area contributed by atoms with Crippen molar-refractivity contribution in [3.63, 3.8) is 0 Å². The molecule has 4 aromatic rings. The molecular weight excluding hydrogens is 426 g/mol. The van der Waals surface area contributed by atoms with Crippen LogP contribution in [0.15, 0.2) is 66.7 Å². The van der Waals surface area contributed by atoms with Gasteiger partial charge in [0, 0.05) is 17.2 Å². The molecule has 0 aliphatic rings. The Morgan fingerprint density at radius 2 is 1.15 bits per heavy atom. The molecule has 0 saturated carbocycles. The van der Waals surface area contributed by atoms with E-state index in [1.807, 2.05) is 75.9 Å². The molecule has 0 aromatic heterocycles. The Hall–Kier alpha value is -4.12. The molecule has 0 unspecified atom stereocenters. The van der Waals surface area contributed by atoms with Crippen LogP contribution in [0.4, 0.5) is 17.1 Å². The fourth-order valence-electron chi connectivity index (χ4n) is 4.04. The minimum absolute atomic E-state index is 0.119. The first-order valence-corrected chi connectivity index (χ1v) is 11.1. The standard InChI is InChI=1S/C29H29NO4/c1-17-12-24(20(4)26(32)14-17)30(25-13-18(2)15-27(33)21(25)5)23-8-6-7-9-28(23)34-29-16-22(31)11-10-19(29)3/h6-16,31-33H,1-5H3. The first-order chi connectivity index (χ1) is 16.2. The average molecular weight is 456 g/mol. The quantitative estimate of drug-likeness (QED) is 0.289. The molecule has 0 spiro atoms. The van der Waals surface area contributed by atoms with Gasteiger partial charge in [0.25, 0.3) is 0 Å². The number of hydrogen-bond acceptors (Lipinski definition) is 5. The highest BCUT2D eigenvalue weighted by molar-refractivity contribution is 5.85. The summed E-state index contributed by atoms with van der Waals surface area (Å²) >= 11 is 0. The van der Waals surface area contributed by atoms with E-state index in [1.165, 1.54) is 0 Å². The Morgan fingerprint density at radius 3 is 1.74 bits per heavy atom. The number of ether oxygens (including phenoxy) is 1. The number of anilines is 3. The van der Waals surface area contributed by atoms with E-state index < -0.39 is 0 Å². The zero-order chi connectivity index (χ0) is 24.6. The molecule has 0 bridgehead atoms. The number of para-hydroxylation sites is 2. The van der Waals surface area contributed by atoms with Crippen LogP contribution in [0.3, 0.4) is 0 Å². The van der Waals surface area contributed by atoms with Crippen LogP contribution in [0.25, 0.3) is 0 Å². The van der Waals surface area contributed by atoms with Gasteiger partial charge in [0.2, 0.25) is 0 Å². The summed E-state index contributed by atoms with van der Waals surface area (Å²) in [6.07, 6.45) is 0.